The molecule has 0 aliphatic carbocycles. The van der Waals surface area contributed by atoms with Crippen molar-refractivity contribution in [1.82, 2.24) is 15.3 Å². The van der Waals surface area contributed by atoms with Gasteiger partial charge in [-0.1, -0.05) is 6.07 Å². The fraction of sp³-hybridized carbons (Fsp3) is 0.500. The smallest absolute Gasteiger partial charge is 0.263 e. The first-order chi connectivity index (χ1) is 12.2. The van der Waals surface area contributed by atoms with Crippen molar-refractivity contribution in [3.8, 4) is 10.7 Å². The van der Waals surface area contributed by atoms with E-state index >= 15 is 0 Å². The number of pyridine rings is 1. The van der Waals surface area contributed by atoms with Crippen molar-refractivity contribution in [2.75, 3.05) is 26.4 Å². The van der Waals surface area contributed by atoms with Gasteiger partial charge in [-0.05, 0) is 38.3 Å². The normalized spacial score (nSPS) is 16.9. The van der Waals surface area contributed by atoms with Crippen LogP contribution in [0, 0.1) is 6.92 Å². The Labute approximate surface area is 151 Å². The van der Waals surface area contributed by atoms with Gasteiger partial charge in [-0.25, -0.2) is 4.98 Å². The molecule has 2 aromatic rings. The summed E-state index contributed by atoms with van der Waals surface area (Å²) in [5.74, 6) is -0.0868. The summed E-state index contributed by atoms with van der Waals surface area (Å²) >= 11 is 1.37. The molecule has 0 aromatic carbocycles. The average Bonchev–Trinajstić information content (AvgIpc) is 3.28. The number of hydrogen-bond acceptors (Lipinski definition) is 6. The zero-order chi connectivity index (χ0) is 17.5. The first kappa shape index (κ1) is 18.0. The first-order valence-electron chi connectivity index (χ1n) is 8.60. The molecule has 1 aliphatic heterocycles. The molecular formula is C18H23N3O3S. The highest BCUT2D eigenvalue weighted by Gasteiger charge is 2.17. The number of amides is 1. The molecule has 134 valence electrons. The summed E-state index contributed by atoms with van der Waals surface area (Å²) in [4.78, 5) is 21.7. The monoisotopic (exact) mass is 361 g/mol. The Morgan fingerprint density at radius 2 is 2.40 bits per heavy atom. The van der Waals surface area contributed by atoms with E-state index in [2.05, 4.69) is 15.3 Å². The standard InChI is InChI=1S/C18H23N3O3S/c1-13-16(25-18(21-13)15-7-2-3-8-19-15)17(22)20-9-5-10-23-12-14-6-4-11-24-14/h2-3,7-8,14H,4-6,9-12H2,1H3,(H,20,22). The lowest BCUT2D eigenvalue weighted by Crippen LogP contribution is -2.25. The molecule has 3 rings (SSSR count). The minimum Gasteiger partial charge on any atom is -0.379 e. The summed E-state index contributed by atoms with van der Waals surface area (Å²) < 4.78 is 11.1. The third kappa shape index (κ3) is 5.07. The van der Waals surface area contributed by atoms with Gasteiger partial charge in [-0.3, -0.25) is 9.78 Å². The largest absolute Gasteiger partial charge is 0.379 e. The van der Waals surface area contributed by atoms with Crippen molar-refractivity contribution in [1.29, 1.82) is 0 Å². The third-order valence-corrected chi connectivity index (χ3v) is 5.14. The maximum atomic E-state index is 12.3. The van der Waals surface area contributed by atoms with E-state index in [-0.39, 0.29) is 12.0 Å². The predicted octanol–water partition coefficient (Wildman–Crippen LogP) is 2.83. The Hall–Kier alpha value is -1.83. The number of rotatable bonds is 8. The summed E-state index contributed by atoms with van der Waals surface area (Å²) in [6.45, 7) is 4.55. The van der Waals surface area contributed by atoms with E-state index in [0.29, 0.717) is 24.6 Å². The highest BCUT2D eigenvalue weighted by Crippen LogP contribution is 2.26. The van der Waals surface area contributed by atoms with Crippen LogP contribution in [0.2, 0.25) is 0 Å². The minimum absolute atomic E-state index is 0.0868. The van der Waals surface area contributed by atoms with Gasteiger partial charge in [-0.15, -0.1) is 11.3 Å². The maximum absolute atomic E-state index is 12.3. The maximum Gasteiger partial charge on any atom is 0.263 e. The number of thiazole rings is 1. The van der Waals surface area contributed by atoms with Crippen LogP contribution in [0.4, 0.5) is 0 Å². The molecule has 25 heavy (non-hydrogen) atoms. The van der Waals surface area contributed by atoms with Gasteiger partial charge in [-0.2, -0.15) is 0 Å². The molecular weight excluding hydrogens is 338 g/mol. The van der Waals surface area contributed by atoms with E-state index in [1.165, 1.54) is 11.3 Å². The zero-order valence-electron chi connectivity index (χ0n) is 14.4. The molecule has 7 heteroatoms. The van der Waals surface area contributed by atoms with Gasteiger partial charge in [0.05, 0.1) is 24.1 Å². The summed E-state index contributed by atoms with van der Waals surface area (Å²) in [6.07, 6.45) is 4.96. The van der Waals surface area contributed by atoms with E-state index < -0.39 is 0 Å². The Morgan fingerprint density at radius 1 is 1.48 bits per heavy atom. The molecule has 6 nitrogen and oxygen atoms in total. The fourth-order valence-corrected chi connectivity index (χ4v) is 3.61. The molecule has 3 heterocycles. The van der Waals surface area contributed by atoms with E-state index in [1.54, 1.807) is 6.20 Å². The molecule has 1 saturated heterocycles. The van der Waals surface area contributed by atoms with Gasteiger partial charge in [0.2, 0.25) is 0 Å². The second kappa shape index (κ2) is 9.03. The molecule has 0 spiro atoms. The molecule has 1 amide bonds. The van der Waals surface area contributed by atoms with Gasteiger partial charge in [0, 0.05) is 26.0 Å². The summed E-state index contributed by atoms with van der Waals surface area (Å²) in [5, 5.41) is 3.70. The van der Waals surface area contributed by atoms with Gasteiger partial charge in [0.15, 0.2) is 0 Å². The SMILES string of the molecule is Cc1nc(-c2ccccn2)sc1C(=O)NCCCOCC1CCCO1. The van der Waals surface area contributed by atoms with Crippen molar-refractivity contribution in [2.45, 2.75) is 32.3 Å². The van der Waals surface area contributed by atoms with Crippen molar-refractivity contribution in [2.24, 2.45) is 0 Å². The van der Waals surface area contributed by atoms with Gasteiger partial charge in [0.1, 0.15) is 9.88 Å². The van der Waals surface area contributed by atoms with Crippen LogP contribution in [0.1, 0.15) is 34.6 Å². The number of aromatic nitrogens is 2. The average molecular weight is 361 g/mol. The quantitative estimate of drug-likeness (QED) is 0.732. The molecule has 1 unspecified atom stereocenters. The molecule has 2 aromatic heterocycles. The number of carbonyl (C=O) groups excluding carboxylic acids is 1. The second-order valence-electron chi connectivity index (χ2n) is 5.97. The Bertz CT molecular complexity index is 684. The molecule has 1 fully saturated rings. The predicted molar refractivity (Wildman–Crippen MR) is 96.8 cm³/mol. The van der Waals surface area contributed by atoms with Crippen LogP contribution in [-0.2, 0) is 9.47 Å². The molecule has 1 atom stereocenters. The van der Waals surface area contributed by atoms with Gasteiger partial charge < -0.3 is 14.8 Å². The van der Waals surface area contributed by atoms with E-state index in [4.69, 9.17) is 9.47 Å². The molecule has 0 saturated carbocycles. The summed E-state index contributed by atoms with van der Waals surface area (Å²) in [6, 6.07) is 5.67. The number of aryl methyl sites for hydroxylation is 1. The lowest BCUT2D eigenvalue weighted by atomic mass is 10.2. The van der Waals surface area contributed by atoms with Crippen LogP contribution < -0.4 is 5.32 Å². The van der Waals surface area contributed by atoms with Crippen LogP contribution in [0.3, 0.4) is 0 Å². The highest BCUT2D eigenvalue weighted by atomic mass is 32.1. The van der Waals surface area contributed by atoms with Crippen molar-refractivity contribution >= 4 is 17.2 Å². The zero-order valence-corrected chi connectivity index (χ0v) is 15.2. The van der Waals surface area contributed by atoms with Crippen molar-refractivity contribution < 1.29 is 14.3 Å². The minimum atomic E-state index is -0.0868. The second-order valence-corrected chi connectivity index (χ2v) is 6.97. The first-order valence-corrected chi connectivity index (χ1v) is 9.42. The Balaban J connectivity index is 1.41. The highest BCUT2D eigenvalue weighted by molar-refractivity contribution is 7.17. The lowest BCUT2D eigenvalue weighted by molar-refractivity contribution is 0.0166. The topological polar surface area (TPSA) is 73.3 Å². The fourth-order valence-electron chi connectivity index (χ4n) is 2.65. The van der Waals surface area contributed by atoms with Crippen LogP contribution in [0.25, 0.3) is 10.7 Å². The van der Waals surface area contributed by atoms with Gasteiger partial charge in [0.25, 0.3) is 5.91 Å². The van der Waals surface area contributed by atoms with Crippen LogP contribution >= 0.6 is 11.3 Å². The van der Waals surface area contributed by atoms with Gasteiger partial charge >= 0.3 is 0 Å². The summed E-state index contributed by atoms with van der Waals surface area (Å²) in [7, 11) is 0. The van der Waals surface area contributed by atoms with Crippen molar-refractivity contribution in [3.05, 3.63) is 35.0 Å². The van der Waals surface area contributed by atoms with Crippen LogP contribution in [0.5, 0.6) is 0 Å². The molecule has 1 aliphatic rings. The molecule has 1 N–H and O–H groups in total. The van der Waals surface area contributed by atoms with E-state index in [9.17, 15) is 4.79 Å². The number of hydrogen-bond donors (Lipinski definition) is 1. The van der Waals surface area contributed by atoms with Crippen LogP contribution in [-0.4, -0.2) is 48.3 Å². The number of nitrogens with zero attached hydrogens (tertiary/aromatic N) is 2. The number of carbonyl (C=O) groups is 1. The molecule has 0 radical (unpaired) electrons. The van der Waals surface area contributed by atoms with Crippen molar-refractivity contribution in [3.63, 3.8) is 0 Å². The molecule has 0 bridgehead atoms. The lowest BCUT2D eigenvalue weighted by Gasteiger charge is -2.10. The number of nitrogens with one attached hydrogen (secondary N) is 1. The van der Waals surface area contributed by atoms with E-state index in [1.807, 2.05) is 25.1 Å². The third-order valence-electron chi connectivity index (χ3n) is 3.97. The summed E-state index contributed by atoms with van der Waals surface area (Å²) in [5.41, 5.74) is 1.52. The number of ether oxygens (including phenoxy) is 2. The van der Waals surface area contributed by atoms with E-state index in [0.717, 1.165) is 42.3 Å². The Kier molecular flexibility index (Phi) is 6.49. The Morgan fingerprint density at radius 3 is 3.16 bits per heavy atom. The van der Waals surface area contributed by atoms with Crippen LogP contribution in [0.15, 0.2) is 24.4 Å².